The van der Waals surface area contributed by atoms with Crippen LogP contribution >= 0.6 is 12.6 Å². The van der Waals surface area contributed by atoms with Gasteiger partial charge in [-0.1, -0.05) is 24.3 Å². The van der Waals surface area contributed by atoms with Crippen LogP contribution in [0.1, 0.15) is 0 Å². The van der Waals surface area contributed by atoms with Gasteiger partial charge in [-0.15, -0.1) is 22.8 Å². The lowest BCUT2D eigenvalue weighted by Crippen LogP contribution is -1.79. The third-order valence-corrected chi connectivity index (χ3v) is 3.08. The molecule has 0 radical (unpaired) electrons. The number of rotatable bonds is 2. The Morgan fingerprint density at radius 1 is 0.842 bits per heavy atom. The van der Waals surface area contributed by atoms with Gasteiger partial charge in [0.15, 0.2) is 0 Å². The highest BCUT2D eigenvalue weighted by molar-refractivity contribution is 7.80. The maximum Gasteiger partial charge on any atom is 0.251 e. The molecule has 0 amide bonds. The molecule has 2 aromatic carbocycles. The molecule has 0 fully saturated rings. The Labute approximate surface area is 115 Å². The zero-order valence-electron chi connectivity index (χ0n) is 9.82. The van der Waals surface area contributed by atoms with Crippen molar-refractivity contribution >= 4 is 12.6 Å². The summed E-state index contributed by atoms with van der Waals surface area (Å²) in [7, 11) is 0. The molecule has 0 unspecified atom stereocenters. The van der Waals surface area contributed by atoms with E-state index < -0.39 is 0 Å². The molecular formula is C14H10N2O2S. The second-order valence-electron chi connectivity index (χ2n) is 3.95. The summed E-state index contributed by atoms with van der Waals surface area (Å²) in [5.41, 5.74) is 1.28. The van der Waals surface area contributed by atoms with Crippen LogP contribution < -0.4 is 0 Å². The maximum absolute atomic E-state index is 9.76. The number of thiol groups is 1. The fourth-order valence-corrected chi connectivity index (χ4v) is 2.01. The first-order chi connectivity index (χ1) is 9.25. The van der Waals surface area contributed by atoms with E-state index in [1.807, 2.05) is 24.3 Å². The molecular weight excluding hydrogens is 260 g/mol. The highest BCUT2D eigenvalue weighted by Crippen LogP contribution is 2.31. The van der Waals surface area contributed by atoms with Crippen molar-refractivity contribution in [2.75, 3.05) is 0 Å². The van der Waals surface area contributed by atoms with Gasteiger partial charge in [0.05, 0.1) is 11.1 Å². The maximum atomic E-state index is 9.76. The van der Waals surface area contributed by atoms with E-state index >= 15 is 0 Å². The zero-order chi connectivity index (χ0) is 13.2. The molecule has 1 aromatic heterocycles. The van der Waals surface area contributed by atoms with Crippen molar-refractivity contribution in [3.05, 3.63) is 48.5 Å². The molecule has 94 valence electrons. The van der Waals surface area contributed by atoms with Gasteiger partial charge < -0.3 is 9.52 Å². The number of phenols is 1. The number of phenolic OH excluding ortho intramolecular Hbond substituents is 1. The van der Waals surface area contributed by atoms with Crippen LogP contribution in [-0.2, 0) is 0 Å². The molecule has 19 heavy (non-hydrogen) atoms. The first-order valence-electron chi connectivity index (χ1n) is 5.66. The van der Waals surface area contributed by atoms with Crippen LogP contribution in [0.2, 0.25) is 0 Å². The summed E-state index contributed by atoms with van der Waals surface area (Å²) < 4.78 is 5.59. The third kappa shape index (κ3) is 2.20. The summed E-state index contributed by atoms with van der Waals surface area (Å²) in [6, 6.07) is 14.3. The fraction of sp³-hybridized carbons (Fsp3) is 0. The van der Waals surface area contributed by atoms with Crippen molar-refractivity contribution < 1.29 is 9.52 Å². The van der Waals surface area contributed by atoms with Gasteiger partial charge in [-0.05, 0) is 24.3 Å². The number of benzene rings is 2. The van der Waals surface area contributed by atoms with Crippen LogP contribution in [0.3, 0.4) is 0 Å². The van der Waals surface area contributed by atoms with Gasteiger partial charge >= 0.3 is 0 Å². The van der Waals surface area contributed by atoms with Crippen molar-refractivity contribution in [3.63, 3.8) is 0 Å². The molecule has 0 spiro atoms. The van der Waals surface area contributed by atoms with Gasteiger partial charge in [0, 0.05) is 4.90 Å². The van der Waals surface area contributed by atoms with E-state index in [1.54, 1.807) is 24.3 Å². The smallest absolute Gasteiger partial charge is 0.251 e. The number of nitrogens with zero attached hydrogens (tertiary/aromatic N) is 2. The predicted molar refractivity (Wildman–Crippen MR) is 74.1 cm³/mol. The summed E-state index contributed by atoms with van der Waals surface area (Å²) in [4.78, 5) is 0.759. The minimum absolute atomic E-state index is 0.108. The molecule has 3 rings (SSSR count). The van der Waals surface area contributed by atoms with Crippen molar-refractivity contribution in [1.82, 2.24) is 10.2 Å². The highest BCUT2D eigenvalue weighted by Gasteiger charge is 2.14. The summed E-state index contributed by atoms with van der Waals surface area (Å²) in [6.45, 7) is 0. The monoisotopic (exact) mass is 270 g/mol. The molecule has 0 aliphatic rings. The second-order valence-corrected chi connectivity index (χ2v) is 4.43. The fourth-order valence-electron chi connectivity index (χ4n) is 1.75. The van der Waals surface area contributed by atoms with Crippen LogP contribution in [-0.4, -0.2) is 15.3 Å². The van der Waals surface area contributed by atoms with Gasteiger partial charge in [0.25, 0.3) is 5.89 Å². The van der Waals surface area contributed by atoms with Crippen molar-refractivity contribution in [1.29, 1.82) is 0 Å². The van der Waals surface area contributed by atoms with Gasteiger partial charge in [-0.25, -0.2) is 0 Å². The molecule has 5 heteroatoms. The second kappa shape index (κ2) is 4.78. The van der Waals surface area contributed by atoms with Crippen molar-refractivity contribution in [2.45, 2.75) is 4.90 Å². The molecule has 4 nitrogen and oxygen atoms in total. The van der Waals surface area contributed by atoms with E-state index in [9.17, 15) is 5.11 Å². The van der Waals surface area contributed by atoms with Crippen LogP contribution in [0.15, 0.2) is 57.8 Å². The molecule has 0 atom stereocenters. The number of aromatic hydroxyl groups is 1. The molecule has 0 aliphatic carbocycles. The van der Waals surface area contributed by atoms with Crippen LogP contribution in [0, 0.1) is 0 Å². The first kappa shape index (κ1) is 11.8. The summed E-state index contributed by atoms with van der Waals surface area (Å²) in [5.74, 6) is 0.769. The highest BCUT2D eigenvalue weighted by atomic mass is 32.1. The Hall–Kier alpha value is -2.27. The summed E-state index contributed by atoms with van der Waals surface area (Å²) in [6.07, 6.45) is 0. The Kier molecular flexibility index (Phi) is 2.97. The van der Waals surface area contributed by atoms with E-state index in [2.05, 4.69) is 22.8 Å². The standard InChI is InChI=1S/C14H10N2O2S/c17-11-7-3-1-5-9(11)13-15-16-14(18-13)10-6-2-4-8-12(10)19/h1-8,17,19H. The molecule has 0 aliphatic heterocycles. The van der Waals surface area contributed by atoms with E-state index in [0.29, 0.717) is 11.5 Å². The average Bonchev–Trinajstić information content (AvgIpc) is 2.89. The van der Waals surface area contributed by atoms with Gasteiger partial charge in [-0.2, -0.15) is 0 Å². The number of hydrogen-bond donors (Lipinski definition) is 2. The largest absolute Gasteiger partial charge is 0.507 e. The minimum Gasteiger partial charge on any atom is -0.507 e. The lowest BCUT2D eigenvalue weighted by atomic mass is 10.2. The van der Waals surface area contributed by atoms with E-state index in [-0.39, 0.29) is 11.6 Å². The summed E-state index contributed by atoms with van der Waals surface area (Å²) >= 11 is 4.35. The molecule has 3 aromatic rings. The number of aromatic nitrogens is 2. The van der Waals surface area contributed by atoms with Gasteiger partial charge in [0.1, 0.15) is 5.75 Å². The number of para-hydroxylation sites is 1. The third-order valence-electron chi connectivity index (χ3n) is 2.69. The molecule has 0 saturated heterocycles. The zero-order valence-corrected chi connectivity index (χ0v) is 10.7. The Bertz CT molecular complexity index is 665. The van der Waals surface area contributed by atoms with Crippen LogP contribution in [0.25, 0.3) is 22.9 Å². The predicted octanol–water partition coefficient (Wildman–Crippen LogP) is 3.40. The van der Waals surface area contributed by atoms with E-state index in [4.69, 9.17) is 4.42 Å². The lowest BCUT2D eigenvalue weighted by Gasteiger charge is -1.99. The first-order valence-corrected chi connectivity index (χ1v) is 6.10. The van der Waals surface area contributed by atoms with Crippen LogP contribution in [0.5, 0.6) is 5.75 Å². The van der Waals surface area contributed by atoms with E-state index in [0.717, 1.165) is 10.5 Å². The Morgan fingerprint density at radius 3 is 2.11 bits per heavy atom. The van der Waals surface area contributed by atoms with Gasteiger partial charge in [0.2, 0.25) is 5.89 Å². The number of hydrogen-bond acceptors (Lipinski definition) is 5. The SMILES string of the molecule is Oc1ccccc1-c1nnc(-c2ccccc2S)o1. The summed E-state index contributed by atoms with van der Waals surface area (Å²) in [5, 5.41) is 17.7. The Balaban J connectivity index is 2.06. The molecule has 1 N–H and O–H groups in total. The van der Waals surface area contributed by atoms with Crippen LogP contribution in [0.4, 0.5) is 0 Å². The molecule has 0 saturated carbocycles. The normalized spacial score (nSPS) is 10.6. The minimum atomic E-state index is 0.108. The lowest BCUT2D eigenvalue weighted by molar-refractivity contribution is 0.473. The van der Waals surface area contributed by atoms with Crippen molar-refractivity contribution in [2.24, 2.45) is 0 Å². The average molecular weight is 270 g/mol. The van der Waals surface area contributed by atoms with Gasteiger partial charge in [-0.3, -0.25) is 0 Å². The van der Waals surface area contributed by atoms with E-state index in [1.165, 1.54) is 0 Å². The Morgan fingerprint density at radius 2 is 1.42 bits per heavy atom. The van der Waals surface area contributed by atoms with Crippen molar-refractivity contribution in [3.8, 4) is 28.7 Å². The quantitative estimate of drug-likeness (QED) is 0.701. The molecule has 0 bridgehead atoms. The topological polar surface area (TPSA) is 59.2 Å². The molecule has 1 heterocycles.